The zero-order valence-electron chi connectivity index (χ0n) is 24.7. The molecular formula is C31H44N6O5. The van der Waals surface area contributed by atoms with Crippen molar-refractivity contribution in [2.24, 2.45) is 22.4 Å². The summed E-state index contributed by atoms with van der Waals surface area (Å²) in [6.07, 6.45) is 2.14. The summed E-state index contributed by atoms with van der Waals surface area (Å²) in [5.74, 6) is -1.83. The van der Waals surface area contributed by atoms with E-state index in [-0.39, 0.29) is 37.0 Å². The van der Waals surface area contributed by atoms with Crippen LogP contribution in [-0.2, 0) is 36.8 Å². The molecule has 0 bridgehead atoms. The Hall–Kier alpha value is -4.41. The van der Waals surface area contributed by atoms with Crippen LogP contribution >= 0.6 is 0 Å². The average Bonchev–Trinajstić information content (AvgIpc) is 2.96. The second kappa shape index (κ2) is 18.1. The molecule has 0 aliphatic carbocycles. The molecule has 3 atom stereocenters. The monoisotopic (exact) mass is 580 g/mol. The molecule has 228 valence electrons. The molecule has 11 nitrogen and oxygen atoms in total. The highest BCUT2D eigenvalue weighted by molar-refractivity contribution is 5.93. The van der Waals surface area contributed by atoms with Crippen molar-refractivity contribution >= 4 is 29.7 Å². The van der Waals surface area contributed by atoms with Gasteiger partial charge < -0.3 is 32.2 Å². The van der Waals surface area contributed by atoms with Crippen molar-refractivity contribution in [1.82, 2.24) is 16.0 Å². The summed E-state index contributed by atoms with van der Waals surface area (Å²) in [5, 5.41) is 8.41. The van der Waals surface area contributed by atoms with Crippen LogP contribution in [0.25, 0.3) is 0 Å². The number of esters is 1. The largest absolute Gasteiger partial charge is 0.467 e. The number of hydrogen-bond acceptors (Lipinski definition) is 6. The van der Waals surface area contributed by atoms with Crippen LogP contribution in [0.15, 0.2) is 65.7 Å². The van der Waals surface area contributed by atoms with Gasteiger partial charge >= 0.3 is 5.97 Å². The number of nitrogens with two attached hydrogens (primary N) is 2. The molecule has 2 rings (SSSR count). The van der Waals surface area contributed by atoms with Crippen molar-refractivity contribution in [2.75, 3.05) is 13.7 Å². The number of amides is 3. The van der Waals surface area contributed by atoms with Gasteiger partial charge in [-0.05, 0) is 36.3 Å². The molecule has 3 amide bonds. The van der Waals surface area contributed by atoms with Crippen LogP contribution in [0.2, 0.25) is 0 Å². The van der Waals surface area contributed by atoms with Gasteiger partial charge in [0, 0.05) is 25.8 Å². The Kier molecular flexibility index (Phi) is 14.6. The first-order valence-electron chi connectivity index (χ1n) is 14.2. The maximum atomic E-state index is 13.6. The number of methoxy groups -OCH3 is 1. The van der Waals surface area contributed by atoms with E-state index in [0.29, 0.717) is 25.8 Å². The molecule has 0 unspecified atom stereocenters. The molecule has 0 saturated carbocycles. The van der Waals surface area contributed by atoms with E-state index < -0.39 is 35.9 Å². The van der Waals surface area contributed by atoms with E-state index >= 15 is 0 Å². The zero-order chi connectivity index (χ0) is 30.9. The SMILES string of the molecule is COC(=O)[C@H](Cc1ccccc1)NC(=O)[C@H](CC(C)C)NC(=O)[C@H](Cc1ccccc1)NC(=O)CCCCN=C(N)N. The Bertz CT molecular complexity index is 1170. The number of ether oxygens (including phenoxy) is 1. The molecule has 2 aromatic rings. The van der Waals surface area contributed by atoms with Gasteiger partial charge in [0.05, 0.1) is 7.11 Å². The predicted octanol–water partition coefficient (Wildman–Crippen LogP) is 1.59. The summed E-state index contributed by atoms with van der Waals surface area (Å²) in [5.41, 5.74) is 12.4. The third-order valence-electron chi connectivity index (χ3n) is 6.47. The Morgan fingerprint density at radius 3 is 1.81 bits per heavy atom. The van der Waals surface area contributed by atoms with Crippen LogP contribution in [0.4, 0.5) is 0 Å². The van der Waals surface area contributed by atoms with E-state index in [1.54, 1.807) is 0 Å². The maximum absolute atomic E-state index is 13.6. The lowest BCUT2D eigenvalue weighted by atomic mass is 10.00. The van der Waals surface area contributed by atoms with Crippen LogP contribution in [0.5, 0.6) is 0 Å². The lowest BCUT2D eigenvalue weighted by Gasteiger charge is -2.26. The van der Waals surface area contributed by atoms with Crippen LogP contribution < -0.4 is 27.4 Å². The Morgan fingerprint density at radius 1 is 0.762 bits per heavy atom. The van der Waals surface area contributed by atoms with Gasteiger partial charge in [-0.25, -0.2) is 4.79 Å². The highest BCUT2D eigenvalue weighted by atomic mass is 16.5. The first-order chi connectivity index (χ1) is 20.1. The number of benzene rings is 2. The highest BCUT2D eigenvalue weighted by Gasteiger charge is 2.30. The van der Waals surface area contributed by atoms with Crippen LogP contribution in [-0.4, -0.2) is 61.4 Å². The maximum Gasteiger partial charge on any atom is 0.328 e. The molecule has 42 heavy (non-hydrogen) atoms. The topological polar surface area (TPSA) is 178 Å². The summed E-state index contributed by atoms with van der Waals surface area (Å²) in [6.45, 7) is 4.27. The van der Waals surface area contributed by atoms with E-state index in [1.807, 2.05) is 74.5 Å². The molecule has 0 heterocycles. The fourth-order valence-electron chi connectivity index (χ4n) is 4.36. The molecule has 2 aromatic carbocycles. The van der Waals surface area contributed by atoms with Gasteiger partial charge in [-0.2, -0.15) is 0 Å². The Labute approximate surface area is 247 Å². The quantitative estimate of drug-likeness (QED) is 0.0816. The summed E-state index contributed by atoms with van der Waals surface area (Å²) < 4.78 is 4.93. The van der Waals surface area contributed by atoms with Crippen molar-refractivity contribution in [3.05, 3.63) is 71.8 Å². The fourth-order valence-corrected chi connectivity index (χ4v) is 4.36. The molecule has 0 aliphatic rings. The molecular weight excluding hydrogens is 536 g/mol. The van der Waals surface area contributed by atoms with Gasteiger partial charge in [0.15, 0.2) is 5.96 Å². The van der Waals surface area contributed by atoms with E-state index in [0.717, 1.165) is 11.1 Å². The highest BCUT2D eigenvalue weighted by Crippen LogP contribution is 2.11. The van der Waals surface area contributed by atoms with Crippen LogP contribution in [0.3, 0.4) is 0 Å². The molecule has 0 spiro atoms. The molecule has 0 fully saturated rings. The third kappa shape index (κ3) is 12.8. The first-order valence-corrected chi connectivity index (χ1v) is 14.2. The van der Waals surface area contributed by atoms with Crippen LogP contribution in [0, 0.1) is 5.92 Å². The number of carbonyl (C=O) groups excluding carboxylic acids is 4. The standard InChI is InChI=1S/C31H44N6O5/c1-21(2)18-24(28(39)37-26(30(41)42-3)20-23-14-8-5-9-15-23)36-29(40)25(19-22-12-6-4-7-13-22)35-27(38)16-10-11-17-34-31(32)33/h4-9,12-15,21,24-26H,10-11,16-20H2,1-3H3,(H,35,38)(H,36,40)(H,37,39)(H4,32,33,34)/t24-,25-,26-/m0/s1. The van der Waals surface area contributed by atoms with Crippen molar-refractivity contribution in [3.8, 4) is 0 Å². The van der Waals surface area contributed by atoms with Gasteiger partial charge in [-0.1, -0.05) is 74.5 Å². The number of nitrogens with one attached hydrogen (secondary N) is 3. The van der Waals surface area contributed by atoms with Gasteiger partial charge in [0.1, 0.15) is 18.1 Å². The molecule has 0 saturated heterocycles. The van der Waals surface area contributed by atoms with Crippen LogP contribution in [0.1, 0.15) is 50.7 Å². The predicted molar refractivity (Wildman–Crippen MR) is 162 cm³/mol. The molecule has 7 N–H and O–H groups in total. The molecule has 0 aliphatic heterocycles. The smallest absolute Gasteiger partial charge is 0.328 e. The van der Waals surface area contributed by atoms with Gasteiger partial charge in [-0.3, -0.25) is 19.4 Å². The van der Waals surface area contributed by atoms with E-state index in [1.165, 1.54) is 7.11 Å². The van der Waals surface area contributed by atoms with Crippen molar-refractivity contribution in [1.29, 1.82) is 0 Å². The minimum atomic E-state index is -0.935. The summed E-state index contributed by atoms with van der Waals surface area (Å²) in [6, 6.07) is 15.8. The lowest BCUT2D eigenvalue weighted by Crippen LogP contribution is -2.56. The molecule has 0 aromatic heterocycles. The van der Waals surface area contributed by atoms with E-state index in [2.05, 4.69) is 20.9 Å². The summed E-state index contributed by atoms with van der Waals surface area (Å²) in [4.78, 5) is 56.2. The van der Waals surface area contributed by atoms with Crippen molar-refractivity contribution < 1.29 is 23.9 Å². The van der Waals surface area contributed by atoms with Crippen molar-refractivity contribution in [3.63, 3.8) is 0 Å². The number of unbranched alkanes of at least 4 members (excludes halogenated alkanes) is 1. The van der Waals surface area contributed by atoms with Gasteiger partial charge in [0.2, 0.25) is 17.7 Å². The summed E-state index contributed by atoms with van der Waals surface area (Å²) in [7, 11) is 1.26. The number of guanidine groups is 1. The average molecular weight is 581 g/mol. The number of carbonyl (C=O) groups is 4. The first kappa shape index (κ1) is 33.8. The van der Waals surface area contributed by atoms with E-state index in [4.69, 9.17) is 16.2 Å². The fraction of sp³-hybridized carbons (Fsp3) is 0.452. The minimum absolute atomic E-state index is 0.00277. The van der Waals surface area contributed by atoms with Gasteiger partial charge in [0.25, 0.3) is 0 Å². The zero-order valence-corrected chi connectivity index (χ0v) is 24.7. The normalized spacial score (nSPS) is 12.9. The number of hydrogen-bond donors (Lipinski definition) is 5. The molecule has 0 radical (unpaired) electrons. The minimum Gasteiger partial charge on any atom is -0.467 e. The number of rotatable bonds is 17. The van der Waals surface area contributed by atoms with Crippen molar-refractivity contribution in [2.45, 2.75) is 70.5 Å². The Morgan fingerprint density at radius 2 is 1.29 bits per heavy atom. The second-order valence-corrected chi connectivity index (χ2v) is 10.5. The molecule has 11 heteroatoms. The third-order valence-corrected chi connectivity index (χ3v) is 6.47. The number of nitrogens with zero attached hydrogens (tertiary/aromatic N) is 1. The lowest BCUT2D eigenvalue weighted by molar-refractivity contribution is -0.145. The summed E-state index contributed by atoms with van der Waals surface area (Å²) >= 11 is 0. The number of aliphatic imine (C=N–C) groups is 1. The second-order valence-electron chi connectivity index (χ2n) is 10.5. The Balaban J connectivity index is 2.15. The van der Waals surface area contributed by atoms with E-state index in [9.17, 15) is 19.2 Å². The van der Waals surface area contributed by atoms with Gasteiger partial charge in [-0.15, -0.1) is 0 Å².